The SMILES string of the molecule is Fc1ccc([C@H]2c3ccccc3CCN2C2=NC[C@]3(CCNC3)O2)cc1. The summed E-state index contributed by atoms with van der Waals surface area (Å²) in [6.07, 6.45) is 1.95. The Labute approximate surface area is 152 Å². The molecule has 0 unspecified atom stereocenters. The molecule has 134 valence electrons. The number of hydrogen-bond donors (Lipinski definition) is 1. The van der Waals surface area contributed by atoms with Gasteiger partial charge < -0.3 is 15.0 Å². The number of fused-ring (bicyclic) bond motifs is 1. The highest BCUT2D eigenvalue weighted by atomic mass is 19.1. The van der Waals surface area contributed by atoms with Crippen molar-refractivity contribution >= 4 is 6.02 Å². The van der Waals surface area contributed by atoms with Gasteiger partial charge in [-0.15, -0.1) is 0 Å². The third-order valence-electron chi connectivity index (χ3n) is 5.73. The minimum atomic E-state index is -0.213. The largest absolute Gasteiger partial charge is 0.455 e. The van der Waals surface area contributed by atoms with E-state index in [4.69, 9.17) is 9.73 Å². The van der Waals surface area contributed by atoms with Crippen LogP contribution < -0.4 is 5.32 Å². The standard InChI is InChI=1S/C21H22FN3O/c22-17-7-5-16(6-8-17)19-18-4-2-1-3-15(18)9-12-25(19)20-24-14-21(26-20)10-11-23-13-21/h1-8,19,23H,9-14H2/t19-,21+/m0/s1. The van der Waals surface area contributed by atoms with Gasteiger partial charge in [-0.3, -0.25) is 0 Å². The quantitative estimate of drug-likeness (QED) is 0.858. The molecule has 3 aliphatic rings. The van der Waals surface area contributed by atoms with Crippen LogP contribution in [0.15, 0.2) is 53.5 Å². The summed E-state index contributed by atoms with van der Waals surface area (Å²) in [7, 11) is 0. The molecule has 26 heavy (non-hydrogen) atoms. The average molecular weight is 351 g/mol. The van der Waals surface area contributed by atoms with Crippen LogP contribution in [0.25, 0.3) is 0 Å². The molecule has 0 aliphatic carbocycles. The van der Waals surface area contributed by atoms with E-state index in [1.165, 1.54) is 23.3 Å². The first-order valence-corrected chi connectivity index (χ1v) is 9.28. The zero-order valence-corrected chi connectivity index (χ0v) is 14.6. The van der Waals surface area contributed by atoms with E-state index in [1.807, 2.05) is 12.1 Å². The van der Waals surface area contributed by atoms with E-state index in [0.717, 1.165) is 44.1 Å². The van der Waals surface area contributed by atoms with Crippen molar-refractivity contribution in [1.82, 2.24) is 10.2 Å². The van der Waals surface area contributed by atoms with Crippen LogP contribution in [-0.2, 0) is 11.2 Å². The lowest BCUT2D eigenvalue weighted by atomic mass is 9.88. The fraction of sp³-hybridized carbons (Fsp3) is 0.381. The van der Waals surface area contributed by atoms with Gasteiger partial charge in [-0.1, -0.05) is 36.4 Å². The predicted octanol–water partition coefficient (Wildman–Crippen LogP) is 2.89. The van der Waals surface area contributed by atoms with Crippen LogP contribution in [0.4, 0.5) is 4.39 Å². The second kappa shape index (κ2) is 6.09. The molecule has 2 atom stereocenters. The molecule has 5 rings (SSSR count). The van der Waals surface area contributed by atoms with Crippen molar-refractivity contribution < 1.29 is 9.13 Å². The third kappa shape index (κ3) is 2.58. The van der Waals surface area contributed by atoms with E-state index in [-0.39, 0.29) is 17.5 Å². The highest BCUT2D eigenvalue weighted by Crippen LogP contribution is 2.38. The molecule has 5 heteroatoms. The van der Waals surface area contributed by atoms with E-state index in [1.54, 1.807) is 0 Å². The first-order valence-electron chi connectivity index (χ1n) is 9.28. The number of benzene rings is 2. The molecule has 1 spiro atoms. The van der Waals surface area contributed by atoms with E-state index in [2.05, 4.69) is 34.5 Å². The molecular weight excluding hydrogens is 329 g/mol. The predicted molar refractivity (Wildman–Crippen MR) is 98.7 cm³/mol. The lowest BCUT2D eigenvalue weighted by Crippen LogP contribution is -2.44. The minimum absolute atomic E-state index is 0.00353. The molecule has 4 nitrogen and oxygen atoms in total. The second-order valence-corrected chi connectivity index (χ2v) is 7.41. The summed E-state index contributed by atoms with van der Waals surface area (Å²) in [5.74, 6) is -0.213. The van der Waals surface area contributed by atoms with Gasteiger partial charge in [-0.2, -0.15) is 0 Å². The van der Waals surface area contributed by atoms with Gasteiger partial charge >= 0.3 is 0 Å². The molecule has 3 aliphatic heterocycles. The van der Waals surface area contributed by atoms with Gasteiger partial charge in [-0.25, -0.2) is 9.38 Å². The Kier molecular flexibility index (Phi) is 3.71. The lowest BCUT2D eigenvalue weighted by Gasteiger charge is -2.39. The van der Waals surface area contributed by atoms with Crippen molar-refractivity contribution in [3.05, 3.63) is 71.0 Å². The Morgan fingerprint density at radius 3 is 2.81 bits per heavy atom. The zero-order chi connectivity index (χ0) is 17.6. The van der Waals surface area contributed by atoms with Crippen molar-refractivity contribution in [3.8, 4) is 0 Å². The van der Waals surface area contributed by atoms with E-state index in [0.29, 0.717) is 6.54 Å². The number of ether oxygens (including phenoxy) is 1. The van der Waals surface area contributed by atoms with E-state index >= 15 is 0 Å². The Bertz CT molecular complexity index is 843. The molecule has 0 amide bonds. The summed E-state index contributed by atoms with van der Waals surface area (Å²) in [6.45, 7) is 3.39. The first kappa shape index (κ1) is 15.8. The van der Waals surface area contributed by atoms with Crippen LogP contribution in [0.3, 0.4) is 0 Å². The van der Waals surface area contributed by atoms with Crippen LogP contribution in [0, 0.1) is 5.82 Å². The maximum atomic E-state index is 13.5. The molecule has 0 bridgehead atoms. The molecule has 3 heterocycles. The van der Waals surface area contributed by atoms with Crippen molar-refractivity contribution in [2.75, 3.05) is 26.2 Å². The smallest absolute Gasteiger partial charge is 0.288 e. The number of amidine groups is 1. The van der Waals surface area contributed by atoms with Crippen molar-refractivity contribution in [1.29, 1.82) is 0 Å². The second-order valence-electron chi connectivity index (χ2n) is 7.41. The molecular formula is C21H22FN3O. The summed E-state index contributed by atoms with van der Waals surface area (Å²) in [5, 5.41) is 3.38. The molecule has 0 saturated carbocycles. The first-order chi connectivity index (χ1) is 12.7. The highest BCUT2D eigenvalue weighted by Gasteiger charge is 2.44. The zero-order valence-electron chi connectivity index (χ0n) is 14.6. The normalized spacial score (nSPS) is 27.3. The molecule has 1 fully saturated rings. The van der Waals surface area contributed by atoms with Crippen molar-refractivity contribution in [3.63, 3.8) is 0 Å². The Balaban J connectivity index is 1.53. The van der Waals surface area contributed by atoms with Gasteiger partial charge in [0.05, 0.1) is 12.6 Å². The van der Waals surface area contributed by atoms with Gasteiger partial charge in [0, 0.05) is 19.5 Å². The van der Waals surface area contributed by atoms with Crippen molar-refractivity contribution in [2.24, 2.45) is 4.99 Å². The Hall–Kier alpha value is -2.40. The van der Waals surface area contributed by atoms with Gasteiger partial charge in [-0.05, 0) is 41.8 Å². The maximum Gasteiger partial charge on any atom is 0.288 e. The number of rotatable bonds is 1. The maximum absolute atomic E-state index is 13.5. The molecule has 2 aromatic rings. The third-order valence-corrected chi connectivity index (χ3v) is 5.73. The van der Waals surface area contributed by atoms with E-state index in [9.17, 15) is 4.39 Å². The molecule has 1 N–H and O–H groups in total. The van der Waals surface area contributed by atoms with Crippen LogP contribution in [0.5, 0.6) is 0 Å². The minimum Gasteiger partial charge on any atom is -0.455 e. The van der Waals surface area contributed by atoms with Crippen LogP contribution in [0.1, 0.15) is 29.2 Å². The molecule has 0 radical (unpaired) electrons. The summed E-state index contributed by atoms with van der Waals surface area (Å²) in [6, 6.07) is 16.0. The van der Waals surface area contributed by atoms with Gasteiger partial charge in [0.15, 0.2) is 0 Å². The number of hydrogen-bond acceptors (Lipinski definition) is 4. The molecule has 0 aromatic heterocycles. The average Bonchev–Trinajstić information content (AvgIpc) is 3.32. The highest BCUT2D eigenvalue weighted by molar-refractivity contribution is 5.78. The number of aliphatic imine (C=N–C) groups is 1. The summed E-state index contributed by atoms with van der Waals surface area (Å²) in [4.78, 5) is 7.02. The van der Waals surface area contributed by atoms with Gasteiger partial charge in [0.1, 0.15) is 11.4 Å². The van der Waals surface area contributed by atoms with Crippen molar-refractivity contribution in [2.45, 2.75) is 24.5 Å². The topological polar surface area (TPSA) is 36.9 Å². The number of nitrogens with one attached hydrogen (secondary N) is 1. The van der Waals surface area contributed by atoms with Gasteiger partial charge in [0.25, 0.3) is 6.02 Å². The van der Waals surface area contributed by atoms with Crippen LogP contribution >= 0.6 is 0 Å². The summed E-state index contributed by atoms with van der Waals surface area (Å²) < 4.78 is 19.9. The van der Waals surface area contributed by atoms with Crippen LogP contribution in [-0.4, -0.2) is 42.7 Å². The van der Waals surface area contributed by atoms with E-state index < -0.39 is 0 Å². The monoisotopic (exact) mass is 351 g/mol. The molecule has 1 saturated heterocycles. The Morgan fingerprint density at radius 1 is 1.15 bits per heavy atom. The lowest BCUT2D eigenvalue weighted by molar-refractivity contribution is 0.0813. The van der Waals surface area contributed by atoms with Gasteiger partial charge in [0.2, 0.25) is 0 Å². The summed E-state index contributed by atoms with van der Waals surface area (Å²) >= 11 is 0. The number of nitrogens with zero attached hydrogens (tertiary/aromatic N) is 2. The molecule has 2 aromatic carbocycles. The van der Waals surface area contributed by atoms with Crippen LogP contribution in [0.2, 0.25) is 0 Å². The Morgan fingerprint density at radius 2 is 2.00 bits per heavy atom. The summed E-state index contributed by atoms with van der Waals surface area (Å²) in [5.41, 5.74) is 3.48. The fourth-order valence-corrected chi connectivity index (χ4v) is 4.34. The fourth-order valence-electron chi connectivity index (χ4n) is 4.34. The number of halogens is 1.